The van der Waals surface area contributed by atoms with E-state index in [4.69, 9.17) is 16.3 Å². The second kappa shape index (κ2) is 7.97. The second-order valence-electron chi connectivity index (χ2n) is 5.76. The molecule has 1 fully saturated rings. The van der Waals surface area contributed by atoms with Crippen LogP contribution in [0, 0.1) is 11.7 Å². The number of halogens is 2. The molecule has 5 heteroatoms. The molecule has 3 unspecified atom stereocenters. The average molecular weight is 316 g/mol. The van der Waals surface area contributed by atoms with Crippen molar-refractivity contribution in [3.8, 4) is 0 Å². The highest BCUT2D eigenvalue weighted by molar-refractivity contribution is 6.33. The summed E-state index contributed by atoms with van der Waals surface area (Å²) in [5.74, 6) is 0.122. The van der Waals surface area contributed by atoms with E-state index < -0.39 is 11.9 Å². The highest BCUT2D eigenvalue weighted by Crippen LogP contribution is 2.27. The highest BCUT2D eigenvalue weighted by atomic mass is 35.5. The Morgan fingerprint density at radius 2 is 2.19 bits per heavy atom. The third kappa shape index (κ3) is 4.83. The van der Waals surface area contributed by atoms with Crippen molar-refractivity contribution < 1.29 is 14.2 Å². The standard InChI is InChI=1S/C16H23ClFNO2/c1-11-5-2-3-8-15(11)21-10-12(20)9-19-16-13(17)6-4-7-14(16)18/h4,6-7,11-12,15,19-20H,2-3,5,8-10H2,1H3. The molecule has 0 aliphatic heterocycles. The van der Waals surface area contributed by atoms with Crippen molar-refractivity contribution in [2.45, 2.75) is 44.8 Å². The molecule has 1 saturated carbocycles. The maximum absolute atomic E-state index is 13.6. The van der Waals surface area contributed by atoms with Gasteiger partial charge in [-0.3, -0.25) is 0 Å². The number of aliphatic hydroxyl groups excluding tert-OH is 1. The van der Waals surface area contributed by atoms with E-state index >= 15 is 0 Å². The van der Waals surface area contributed by atoms with Crippen LogP contribution in [0.5, 0.6) is 0 Å². The van der Waals surface area contributed by atoms with Gasteiger partial charge in [0.2, 0.25) is 0 Å². The molecular formula is C16H23ClFNO2. The number of anilines is 1. The lowest BCUT2D eigenvalue weighted by atomic mass is 9.88. The molecule has 0 spiro atoms. The summed E-state index contributed by atoms with van der Waals surface area (Å²) in [6, 6.07) is 4.49. The molecule has 0 radical (unpaired) electrons. The Kier molecular flexibility index (Phi) is 6.27. The van der Waals surface area contributed by atoms with Crippen molar-refractivity contribution >= 4 is 17.3 Å². The maximum Gasteiger partial charge on any atom is 0.147 e. The number of aliphatic hydroxyl groups is 1. The van der Waals surface area contributed by atoms with E-state index in [0.29, 0.717) is 10.9 Å². The predicted molar refractivity (Wildman–Crippen MR) is 83.3 cm³/mol. The van der Waals surface area contributed by atoms with Crippen molar-refractivity contribution in [1.29, 1.82) is 0 Å². The van der Waals surface area contributed by atoms with Gasteiger partial charge in [0.15, 0.2) is 0 Å². The Morgan fingerprint density at radius 3 is 2.90 bits per heavy atom. The van der Waals surface area contributed by atoms with Gasteiger partial charge in [-0.1, -0.05) is 37.4 Å². The SMILES string of the molecule is CC1CCCCC1OCC(O)CNc1c(F)cccc1Cl. The number of nitrogens with one attached hydrogen (secondary N) is 1. The lowest BCUT2D eigenvalue weighted by Gasteiger charge is -2.29. The first-order chi connectivity index (χ1) is 10.1. The summed E-state index contributed by atoms with van der Waals surface area (Å²) in [5.41, 5.74) is 0.226. The molecule has 2 N–H and O–H groups in total. The summed E-state index contributed by atoms with van der Waals surface area (Å²) in [6.07, 6.45) is 4.23. The Labute approximate surface area is 130 Å². The Hall–Kier alpha value is -0.840. The van der Waals surface area contributed by atoms with Crippen LogP contribution in [0.1, 0.15) is 32.6 Å². The minimum Gasteiger partial charge on any atom is -0.389 e. The van der Waals surface area contributed by atoms with Gasteiger partial charge in [-0.05, 0) is 30.9 Å². The monoisotopic (exact) mass is 315 g/mol. The van der Waals surface area contributed by atoms with Crippen LogP contribution < -0.4 is 5.32 Å². The van der Waals surface area contributed by atoms with Crippen molar-refractivity contribution in [2.24, 2.45) is 5.92 Å². The zero-order valence-corrected chi connectivity index (χ0v) is 13.1. The largest absolute Gasteiger partial charge is 0.389 e. The van der Waals surface area contributed by atoms with E-state index in [2.05, 4.69) is 12.2 Å². The van der Waals surface area contributed by atoms with Gasteiger partial charge in [0.1, 0.15) is 5.82 Å². The van der Waals surface area contributed by atoms with Crippen molar-refractivity contribution in [3.05, 3.63) is 29.0 Å². The Bertz CT molecular complexity index is 438. The highest BCUT2D eigenvalue weighted by Gasteiger charge is 2.22. The first kappa shape index (κ1) is 16.5. The molecule has 0 saturated heterocycles. The van der Waals surface area contributed by atoms with Crippen LogP contribution in [-0.4, -0.2) is 30.5 Å². The lowest BCUT2D eigenvalue weighted by Crippen LogP contribution is -2.32. The van der Waals surface area contributed by atoms with Crippen LogP contribution in [0.15, 0.2) is 18.2 Å². The van der Waals surface area contributed by atoms with Gasteiger partial charge in [0.25, 0.3) is 0 Å². The van der Waals surface area contributed by atoms with E-state index in [1.807, 2.05) is 0 Å². The van der Waals surface area contributed by atoms with E-state index in [-0.39, 0.29) is 24.9 Å². The van der Waals surface area contributed by atoms with Crippen molar-refractivity contribution in [3.63, 3.8) is 0 Å². The number of benzene rings is 1. The normalized spacial score (nSPS) is 23.8. The summed E-state index contributed by atoms with van der Waals surface area (Å²) < 4.78 is 19.4. The van der Waals surface area contributed by atoms with Gasteiger partial charge in [0.05, 0.1) is 29.5 Å². The number of hydrogen-bond acceptors (Lipinski definition) is 3. The summed E-state index contributed by atoms with van der Waals surface area (Å²) in [4.78, 5) is 0. The molecule has 1 aromatic rings. The molecule has 3 nitrogen and oxygen atoms in total. The number of ether oxygens (including phenoxy) is 1. The Morgan fingerprint density at radius 1 is 1.43 bits per heavy atom. The Balaban J connectivity index is 1.76. The second-order valence-corrected chi connectivity index (χ2v) is 6.17. The zero-order valence-electron chi connectivity index (χ0n) is 12.3. The van der Waals surface area contributed by atoms with Crippen LogP contribution in [0.25, 0.3) is 0 Å². The fourth-order valence-corrected chi connectivity index (χ4v) is 2.94. The van der Waals surface area contributed by atoms with E-state index in [9.17, 15) is 9.50 Å². The fourth-order valence-electron chi connectivity index (χ4n) is 2.71. The third-order valence-electron chi connectivity index (χ3n) is 4.01. The van der Waals surface area contributed by atoms with Crippen molar-refractivity contribution in [2.75, 3.05) is 18.5 Å². The first-order valence-corrected chi connectivity index (χ1v) is 7.93. The van der Waals surface area contributed by atoms with Crippen LogP contribution in [0.3, 0.4) is 0 Å². The van der Waals surface area contributed by atoms with Crippen LogP contribution in [-0.2, 0) is 4.74 Å². The van der Waals surface area contributed by atoms with E-state index in [1.54, 1.807) is 12.1 Å². The minimum atomic E-state index is -0.685. The van der Waals surface area contributed by atoms with Crippen LogP contribution >= 0.6 is 11.6 Å². The molecule has 3 atom stereocenters. The van der Waals surface area contributed by atoms with Crippen molar-refractivity contribution in [1.82, 2.24) is 0 Å². The van der Waals surface area contributed by atoms with Crippen LogP contribution in [0.4, 0.5) is 10.1 Å². The smallest absolute Gasteiger partial charge is 0.147 e. The topological polar surface area (TPSA) is 41.5 Å². The predicted octanol–water partition coefficient (Wildman–Crippen LogP) is 3.85. The van der Waals surface area contributed by atoms with Gasteiger partial charge in [-0.15, -0.1) is 0 Å². The third-order valence-corrected chi connectivity index (χ3v) is 4.33. The fraction of sp³-hybridized carbons (Fsp3) is 0.625. The lowest BCUT2D eigenvalue weighted by molar-refractivity contribution is -0.0424. The number of rotatable bonds is 6. The molecule has 1 aliphatic rings. The van der Waals surface area contributed by atoms with Gasteiger partial charge >= 0.3 is 0 Å². The quantitative estimate of drug-likeness (QED) is 0.838. The molecule has 0 bridgehead atoms. The average Bonchev–Trinajstić information content (AvgIpc) is 2.46. The molecular weight excluding hydrogens is 293 g/mol. The zero-order chi connectivity index (χ0) is 15.2. The molecule has 0 amide bonds. The molecule has 0 aromatic heterocycles. The van der Waals surface area contributed by atoms with Crippen LogP contribution in [0.2, 0.25) is 5.02 Å². The van der Waals surface area contributed by atoms with Gasteiger partial charge in [0, 0.05) is 6.54 Å². The molecule has 2 rings (SSSR count). The van der Waals surface area contributed by atoms with Gasteiger partial charge < -0.3 is 15.2 Å². The summed E-state index contributed by atoms with van der Waals surface area (Å²) in [6.45, 7) is 2.66. The molecule has 118 valence electrons. The van der Waals surface area contributed by atoms with E-state index in [1.165, 1.54) is 25.3 Å². The molecule has 21 heavy (non-hydrogen) atoms. The number of hydrogen-bond donors (Lipinski definition) is 2. The molecule has 1 aromatic carbocycles. The summed E-state index contributed by atoms with van der Waals surface area (Å²) in [7, 11) is 0. The van der Waals surface area contributed by atoms with Gasteiger partial charge in [-0.2, -0.15) is 0 Å². The minimum absolute atomic E-state index is 0.210. The maximum atomic E-state index is 13.6. The van der Waals surface area contributed by atoms with E-state index in [0.717, 1.165) is 6.42 Å². The molecule has 1 aliphatic carbocycles. The van der Waals surface area contributed by atoms with Gasteiger partial charge in [-0.25, -0.2) is 4.39 Å². The first-order valence-electron chi connectivity index (χ1n) is 7.55. The molecule has 0 heterocycles. The summed E-state index contributed by atoms with van der Waals surface area (Å²) >= 11 is 5.92. The number of para-hydroxylation sites is 1. The summed E-state index contributed by atoms with van der Waals surface area (Å²) in [5, 5.41) is 13.1.